The van der Waals surface area contributed by atoms with E-state index in [4.69, 9.17) is 4.74 Å². The quantitative estimate of drug-likeness (QED) is 0.264. The van der Waals surface area contributed by atoms with E-state index in [0.717, 1.165) is 11.8 Å². The summed E-state index contributed by atoms with van der Waals surface area (Å²) >= 11 is 1.07. The molecule has 0 aliphatic rings. The molecule has 0 unspecified atom stereocenters. The van der Waals surface area contributed by atoms with Crippen molar-refractivity contribution in [1.82, 2.24) is 9.78 Å². The van der Waals surface area contributed by atoms with Crippen molar-refractivity contribution in [2.45, 2.75) is 49.9 Å². The maximum atomic E-state index is 13.1. The minimum Gasteiger partial charge on any atom is -0.403 e. The molecule has 0 N–H and O–H groups in total. The van der Waals surface area contributed by atoms with Gasteiger partial charge < -0.3 is 4.74 Å². The Hall–Kier alpha value is -3.73. The first-order valence-electron chi connectivity index (χ1n) is 9.89. The number of hydrogen-bond donors (Lipinski definition) is 0. The number of nitro groups is 2. The molecule has 0 aliphatic heterocycles. The number of para-hydroxylation sites is 1. The monoisotopic (exact) mass is 470 g/mol. The van der Waals surface area contributed by atoms with E-state index in [0.29, 0.717) is 15.5 Å². The average Bonchev–Trinajstić information content (AvgIpc) is 3.04. The summed E-state index contributed by atoms with van der Waals surface area (Å²) in [5.74, 6) is -0.676. The molecule has 0 saturated heterocycles. The van der Waals surface area contributed by atoms with Crippen LogP contribution in [-0.2, 0) is 5.54 Å². The number of hydrogen-bond acceptors (Lipinski definition) is 8. The first kappa shape index (κ1) is 23.9. The second kappa shape index (κ2) is 9.02. The number of aromatic nitrogens is 2. The number of benzene rings is 2. The smallest absolute Gasteiger partial charge is 0.345 e. The van der Waals surface area contributed by atoms with Gasteiger partial charge in [0.05, 0.1) is 36.4 Å². The number of nitro benzene ring substituents is 2. The van der Waals surface area contributed by atoms with Crippen LogP contribution in [0.4, 0.5) is 11.4 Å². The molecule has 3 rings (SSSR count). The molecule has 0 aliphatic carbocycles. The normalized spacial score (nSPS) is 11.3. The molecule has 1 heterocycles. The summed E-state index contributed by atoms with van der Waals surface area (Å²) in [6, 6.07) is 10.4. The number of carbonyl (C=O) groups excluding carboxylic acids is 1. The van der Waals surface area contributed by atoms with Crippen LogP contribution in [0, 0.1) is 34.1 Å². The Morgan fingerprint density at radius 1 is 1.00 bits per heavy atom. The summed E-state index contributed by atoms with van der Waals surface area (Å²) in [6.45, 7) is 8.80. The zero-order valence-corrected chi connectivity index (χ0v) is 19.5. The number of nitrogens with zero attached hydrogens (tertiary/aromatic N) is 4. The van der Waals surface area contributed by atoms with E-state index in [1.165, 1.54) is 35.9 Å². The molecule has 0 saturated carbocycles. The van der Waals surface area contributed by atoms with Crippen LogP contribution in [0.1, 0.15) is 42.4 Å². The summed E-state index contributed by atoms with van der Waals surface area (Å²) in [4.78, 5) is 35.6. The molecule has 33 heavy (non-hydrogen) atoms. The van der Waals surface area contributed by atoms with Gasteiger partial charge in [0.25, 0.3) is 11.4 Å². The van der Waals surface area contributed by atoms with Crippen molar-refractivity contribution in [1.29, 1.82) is 0 Å². The van der Waals surface area contributed by atoms with Crippen LogP contribution >= 0.6 is 11.8 Å². The Morgan fingerprint density at radius 3 is 2.21 bits per heavy atom. The van der Waals surface area contributed by atoms with Crippen molar-refractivity contribution < 1.29 is 19.4 Å². The highest BCUT2D eigenvalue weighted by Gasteiger charge is 2.30. The Bertz CT molecular complexity index is 1260. The Labute approximate surface area is 193 Å². The Morgan fingerprint density at radius 2 is 1.61 bits per heavy atom. The molecule has 10 nitrogen and oxygen atoms in total. The van der Waals surface area contributed by atoms with Crippen LogP contribution in [0.15, 0.2) is 52.3 Å². The molecule has 0 bridgehead atoms. The van der Waals surface area contributed by atoms with E-state index in [2.05, 4.69) is 5.10 Å². The maximum Gasteiger partial charge on any atom is 0.345 e. The molecule has 0 fully saturated rings. The zero-order valence-electron chi connectivity index (χ0n) is 18.7. The van der Waals surface area contributed by atoms with Crippen molar-refractivity contribution in [3.63, 3.8) is 0 Å². The lowest BCUT2D eigenvalue weighted by atomic mass is 10.1. The molecule has 0 spiro atoms. The van der Waals surface area contributed by atoms with Gasteiger partial charge in [0.2, 0.25) is 5.88 Å². The minimum absolute atomic E-state index is 0.0464. The highest BCUT2D eigenvalue weighted by atomic mass is 32.2. The van der Waals surface area contributed by atoms with E-state index in [-0.39, 0.29) is 28.4 Å². The summed E-state index contributed by atoms with van der Waals surface area (Å²) in [5.41, 5.74) is -0.119. The predicted octanol–water partition coefficient (Wildman–Crippen LogP) is 5.44. The van der Waals surface area contributed by atoms with Crippen molar-refractivity contribution in [3.05, 3.63) is 79.5 Å². The van der Waals surface area contributed by atoms with E-state index in [1.54, 1.807) is 25.1 Å². The molecule has 172 valence electrons. The SMILES string of the molecule is Cc1nn(C(C)(C)C)c(OC(=O)c2cccc([N+](=O)[O-])c2C)c1Sc1ccccc1[N+](=O)[O-]. The molecule has 11 heteroatoms. The fourth-order valence-corrected chi connectivity index (χ4v) is 4.16. The van der Waals surface area contributed by atoms with Gasteiger partial charge in [-0.25, -0.2) is 9.48 Å². The highest BCUT2D eigenvalue weighted by molar-refractivity contribution is 7.99. The van der Waals surface area contributed by atoms with Crippen LogP contribution in [0.25, 0.3) is 0 Å². The zero-order chi connectivity index (χ0) is 24.5. The van der Waals surface area contributed by atoms with Gasteiger partial charge in [-0.2, -0.15) is 5.10 Å². The number of rotatable bonds is 6. The van der Waals surface area contributed by atoms with Gasteiger partial charge in [0, 0.05) is 17.7 Å². The molecule has 3 aromatic rings. The average molecular weight is 471 g/mol. The largest absolute Gasteiger partial charge is 0.403 e. The molecular weight excluding hydrogens is 448 g/mol. The van der Waals surface area contributed by atoms with Crippen molar-refractivity contribution in [2.24, 2.45) is 0 Å². The van der Waals surface area contributed by atoms with Gasteiger partial charge in [0.15, 0.2) is 0 Å². The lowest BCUT2D eigenvalue weighted by Crippen LogP contribution is -2.25. The molecule has 0 atom stereocenters. The standard InChI is InChI=1S/C22H22N4O6S/c1-13-15(9-8-11-16(13)25(28)29)21(27)32-20-19(14(2)23-24(20)22(3,4)5)33-18-12-7-6-10-17(18)26(30)31/h6-12H,1-5H3. The lowest BCUT2D eigenvalue weighted by Gasteiger charge is -2.22. The maximum absolute atomic E-state index is 13.1. The number of aryl methyl sites for hydroxylation is 1. The first-order chi connectivity index (χ1) is 15.4. The molecular formula is C22H22N4O6S. The van der Waals surface area contributed by atoms with Crippen LogP contribution in [-0.4, -0.2) is 25.6 Å². The van der Waals surface area contributed by atoms with E-state index in [9.17, 15) is 25.0 Å². The summed E-state index contributed by atoms with van der Waals surface area (Å²) in [5, 5.41) is 27.2. The molecule has 0 radical (unpaired) electrons. The van der Waals surface area contributed by atoms with Gasteiger partial charge in [-0.1, -0.05) is 30.0 Å². The highest BCUT2D eigenvalue weighted by Crippen LogP contribution is 2.43. The summed E-state index contributed by atoms with van der Waals surface area (Å²) < 4.78 is 7.28. The van der Waals surface area contributed by atoms with Crippen molar-refractivity contribution >= 4 is 29.1 Å². The van der Waals surface area contributed by atoms with Crippen molar-refractivity contribution in [2.75, 3.05) is 0 Å². The number of ether oxygens (including phenoxy) is 1. The fourth-order valence-electron chi connectivity index (χ4n) is 3.14. The molecule has 1 aromatic heterocycles. The van der Waals surface area contributed by atoms with Gasteiger partial charge >= 0.3 is 5.97 Å². The van der Waals surface area contributed by atoms with Gasteiger partial charge in [-0.15, -0.1) is 0 Å². The second-order valence-electron chi connectivity index (χ2n) is 8.23. The topological polar surface area (TPSA) is 130 Å². The van der Waals surface area contributed by atoms with E-state index >= 15 is 0 Å². The van der Waals surface area contributed by atoms with Gasteiger partial charge in [-0.05, 0) is 46.8 Å². The summed E-state index contributed by atoms with van der Waals surface area (Å²) in [7, 11) is 0. The van der Waals surface area contributed by atoms with Crippen LogP contribution in [0.2, 0.25) is 0 Å². The third-order valence-corrected chi connectivity index (χ3v) is 6.03. The first-order valence-corrected chi connectivity index (χ1v) is 10.7. The summed E-state index contributed by atoms with van der Waals surface area (Å²) in [6.07, 6.45) is 0. The fraction of sp³-hybridized carbons (Fsp3) is 0.273. The van der Waals surface area contributed by atoms with Crippen LogP contribution in [0.5, 0.6) is 5.88 Å². The van der Waals surface area contributed by atoms with Crippen LogP contribution in [0.3, 0.4) is 0 Å². The number of esters is 1. The molecule has 2 aromatic carbocycles. The molecule has 0 amide bonds. The van der Waals surface area contributed by atoms with E-state index < -0.39 is 21.4 Å². The third kappa shape index (κ3) is 4.87. The van der Waals surface area contributed by atoms with Crippen LogP contribution < -0.4 is 4.74 Å². The lowest BCUT2D eigenvalue weighted by molar-refractivity contribution is -0.387. The van der Waals surface area contributed by atoms with Crippen molar-refractivity contribution in [3.8, 4) is 5.88 Å². The minimum atomic E-state index is -0.786. The second-order valence-corrected chi connectivity index (χ2v) is 9.28. The van der Waals surface area contributed by atoms with Gasteiger partial charge in [-0.3, -0.25) is 20.2 Å². The Balaban J connectivity index is 2.10. The predicted molar refractivity (Wildman–Crippen MR) is 122 cm³/mol. The third-order valence-electron chi connectivity index (χ3n) is 4.79. The number of carbonyl (C=O) groups is 1. The Kier molecular flexibility index (Phi) is 6.54. The van der Waals surface area contributed by atoms with E-state index in [1.807, 2.05) is 20.8 Å². The van der Waals surface area contributed by atoms with Gasteiger partial charge in [0.1, 0.15) is 0 Å².